The molecule has 14 aromatic carbocycles. The Balaban J connectivity index is 0.000000121. The third-order valence-corrected chi connectivity index (χ3v) is 29.4. The predicted molar refractivity (Wildman–Crippen MR) is 537 cm³/mol. The van der Waals surface area contributed by atoms with Crippen molar-refractivity contribution in [2.45, 2.75) is 174 Å². The van der Waals surface area contributed by atoms with Gasteiger partial charge in [0.25, 0.3) is 11.8 Å². The number of ether oxygens (including phenoxy) is 1. The number of hydrogen-bond acceptors (Lipinski definition) is 13. The molecule has 0 saturated heterocycles. The SMILES string of the molecule is C=CN1c2ccc(C)cc2Sc2cc(C)ccc21.C=Cc1ccc(N2c3ccc(C)cc3Sc3cc(C)ccc32)cc1.CC(F)(F)c1ccc2c(c1)Sc1cc(C(C)(F)F)ccc1N2c1ccc(C(F)(F)F)cc1.CCN1c2ccc(C)cc2Sc2cc(C)ccc21.CCN1c2ccc(C)cc2Sc2cc(C)ccc21.COCCN1c2ccc(C)cc2Sc2cc(C)ccc21. The van der Waals surface area contributed by atoms with Crippen molar-refractivity contribution in [3.8, 4) is 0 Å². The van der Waals surface area contributed by atoms with Crippen LogP contribution in [-0.2, 0) is 22.8 Å². The van der Waals surface area contributed by atoms with Crippen LogP contribution in [0.5, 0.6) is 0 Å². The summed E-state index contributed by atoms with van der Waals surface area (Å²) in [5.74, 6) is -6.24. The lowest BCUT2D eigenvalue weighted by Crippen LogP contribution is -2.24. The van der Waals surface area contributed by atoms with E-state index in [-0.39, 0.29) is 11.1 Å². The number of halogens is 7. The van der Waals surface area contributed by atoms with Crippen molar-refractivity contribution in [2.75, 3.05) is 62.8 Å². The van der Waals surface area contributed by atoms with E-state index >= 15 is 0 Å². The number of anilines is 14. The van der Waals surface area contributed by atoms with E-state index in [2.05, 4.69) is 327 Å². The van der Waals surface area contributed by atoms with Crippen LogP contribution in [0, 0.1) is 69.2 Å². The van der Waals surface area contributed by atoms with Crippen molar-refractivity contribution in [3.63, 3.8) is 0 Å². The van der Waals surface area contributed by atoms with Gasteiger partial charge in [-0.3, -0.25) is 0 Å². The van der Waals surface area contributed by atoms with Gasteiger partial charge in [0.1, 0.15) is 0 Å². The van der Waals surface area contributed by atoms with Crippen LogP contribution in [0.25, 0.3) is 6.08 Å². The Labute approximate surface area is 786 Å². The summed E-state index contributed by atoms with van der Waals surface area (Å²) in [5.41, 5.74) is 28.2. The van der Waals surface area contributed by atoms with Crippen LogP contribution in [0.4, 0.5) is 110 Å². The van der Waals surface area contributed by atoms with Gasteiger partial charge in [0, 0.05) is 128 Å². The van der Waals surface area contributed by atoms with E-state index in [0.29, 0.717) is 26.9 Å². The van der Waals surface area contributed by atoms with E-state index in [1.54, 1.807) is 12.0 Å². The fourth-order valence-corrected chi connectivity index (χ4v) is 23.7. The van der Waals surface area contributed by atoms with Gasteiger partial charge in [-0.1, -0.05) is 175 Å². The van der Waals surface area contributed by atoms with Gasteiger partial charge in [-0.05, 0) is 326 Å². The molecule has 0 aliphatic carbocycles. The Morgan fingerprint density at radius 3 is 0.754 bits per heavy atom. The molecule has 20 rings (SSSR count). The molecular formula is C110H103F7N6OS6. The summed E-state index contributed by atoms with van der Waals surface area (Å²) in [5, 5.41) is 0. The number of aryl methyl sites for hydroxylation is 10. The summed E-state index contributed by atoms with van der Waals surface area (Å²) >= 11 is 10.4. The number of nitrogens with zero attached hydrogens (tertiary/aromatic N) is 6. The minimum absolute atomic E-state index is 0.253. The first-order valence-corrected chi connectivity index (χ1v) is 48.0. The third-order valence-electron chi connectivity index (χ3n) is 22.8. The third kappa shape index (κ3) is 20.8. The lowest BCUT2D eigenvalue weighted by Gasteiger charge is -2.34. The average molecular weight is 1850 g/mol. The van der Waals surface area contributed by atoms with Crippen molar-refractivity contribution >= 4 is 156 Å². The van der Waals surface area contributed by atoms with Crippen LogP contribution >= 0.6 is 70.6 Å². The first kappa shape index (κ1) is 93.6. The van der Waals surface area contributed by atoms with Gasteiger partial charge in [-0.25, -0.2) is 17.6 Å². The highest BCUT2D eigenvalue weighted by atomic mass is 32.2. The summed E-state index contributed by atoms with van der Waals surface area (Å²) in [6, 6.07) is 87.6. The molecule has 0 aromatic heterocycles. The Kier molecular flexibility index (Phi) is 28.5. The van der Waals surface area contributed by atoms with Crippen LogP contribution in [-0.4, -0.2) is 33.4 Å². The lowest BCUT2D eigenvalue weighted by atomic mass is 10.1. The van der Waals surface area contributed by atoms with E-state index in [9.17, 15) is 30.7 Å². The summed E-state index contributed by atoms with van der Waals surface area (Å²) in [6.07, 6.45) is -0.748. The summed E-state index contributed by atoms with van der Waals surface area (Å²) in [6.45, 7) is 38.8. The topological polar surface area (TPSA) is 28.7 Å². The summed E-state index contributed by atoms with van der Waals surface area (Å²) in [4.78, 5) is 27.4. The van der Waals surface area contributed by atoms with Gasteiger partial charge in [-0.2, -0.15) is 13.2 Å². The molecule has 0 atom stereocenters. The quantitative estimate of drug-likeness (QED) is 0.115. The highest BCUT2D eigenvalue weighted by Crippen LogP contribution is 2.58. The second-order valence-corrected chi connectivity index (χ2v) is 39.7. The summed E-state index contributed by atoms with van der Waals surface area (Å²) < 4.78 is 99.8. The zero-order valence-electron chi connectivity index (χ0n) is 75.5. The molecular weight excluding hydrogens is 1750 g/mol. The molecule has 6 aliphatic rings. The molecule has 6 heterocycles. The number of rotatable bonds is 11. The highest BCUT2D eigenvalue weighted by molar-refractivity contribution is 8.01. The predicted octanol–water partition coefficient (Wildman–Crippen LogP) is 35.2. The van der Waals surface area contributed by atoms with Gasteiger partial charge in [-0.15, -0.1) is 0 Å². The van der Waals surface area contributed by atoms with Gasteiger partial charge >= 0.3 is 6.18 Å². The first-order chi connectivity index (χ1) is 62.1. The smallest absolute Gasteiger partial charge is 0.383 e. The van der Waals surface area contributed by atoms with Gasteiger partial charge in [0.15, 0.2) is 0 Å². The molecule has 0 radical (unpaired) electrons. The van der Waals surface area contributed by atoms with Crippen molar-refractivity contribution in [3.05, 3.63) is 364 Å². The molecule has 664 valence electrons. The van der Waals surface area contributed by atoms with E-state index in [4.69, 9.17) is 4.74 Å². The van der Waals surface area contributed by atoms with E-state index < -0.39 is 23.6 Å². The van der Waals surface area contributed by atoms with Crippen LogP contribution < -0.4 is 29.4 Å². The van der Waals surface area contributed by atoms with Crippen LogP contribution in [0.2, 0.25) is 0 Å². The molecule has 0 saturated carbocycles. The highest BCUT2D eigenvalue weighted by Gasteiger charge is 2.36. The van der Waals surface area contributed by atoms with Crippen molar-refractivity contribution in [1.82, 2.24) is 0 Å². The van der Waals surface area contributed by atoms with Crippen molar-refractivity contribution in [2.24, 2.45) is 0 Å². The maximum Gasteiger partial charge on any atom is 0.416 e. The second-order valence-electron chi connectivity index (χ2n) is 33.2. The molecule has 7 nitrogen and oxygen atoms in total. The van der Waals surface area contributed by atoms with Gasteiger partial charge in [0.05, 0.1) is 80.4 Å². The number of methoxy groups -OCH3 is 1. The summed E-state index contributed by atoms with van der Waals surface area (Å²) in [7, 11) is 1.75. The molecule has 130 heavy (non-hydrogen) atoms. The van der Waals surface area contributed by atoms with Crippen molar-refractivity contribution in [1.29, 1.82) is 0 Å². The molecule has 0 amide bonds. The zero-order valence-corrected chi connectivity index (χ0v) is 80.4. The lowest BCUT2D eigenvalue weighted by molar-refractivity contribution is -0.137. The van der Waals surface area contributed by atoms with Crippen molar-refractivity contribution < 1.29 is 35.5 Å². The standard InChI is InChI=1S/C23H16F7NS.C22H19NS.C17H19NOS.2C16H17NS.C16H15NS/c1-21(24,25)14-5-9-17-19(11-14)32-20-12-15(22(2,26)27)6-10-18(20)31(17)16-7-3-13(4-8-16)23(28,29)30;1-4-17-7-9-18(10-8-17)23-19-11-5-15(2)13-21(19)24-22-14-16(3)6-12-20(22)23;1-12-4-6-14-16(10-12)20-17-11-13(2)5-7-15(17)18(14)8-9-19-3;3*1-4-17-13-7-5-11(2)9-15(13)18-16-10-12(3)6-8-14(16)17/h3-12H,1-2H3;4-14H,1H2,2-3H3;4-7,10-11H,8-9H2,1-3H3;2*5-10H,4H2,1-3H3;4-10H,1H2,2-3H3. The maximum atomic E-state index is 13.9. The largest absolute Gasteiger partial charge is 0.416 e. The second kappa shape index (κ2) is 39.5. The maximum absolute atomic E-state index is 13.9. The fraction of sp³-hybridized carbons (Fsp3) is 0.200. The zero-order chi connectivity index (χ0) is 92.4. The van der Waals surface area contributed by atoms with E-state index in [1.165, 1.54) is 216 Å². The van der Waals surface area contributed by atoms with E-state index in [1.807, 2.05) is 71.1 Å². The first-order valence-electron chi connectivity index (χ1n) is 43.1. The van der Waals surface area contributed by atoms with Crippen LogP contribution in [0.1, 0.15) is 106 Å². The average Bonchev–Trinajstić information content (AvgIpc) is 0.748. The Bertz CT molecular complexity index is 6160. The normalized spacial score (nSPS) is 13.2. The van der Waals surface area contributed by atoms with Gasteiger partial charge in [0.2, 0.25) is 0 Å². The monoisotopic (exact) mass is 1850 g/mol. The number of benzene rings is 14. The minimum Gasteiger partial charge on any atom is -0.383 e. The number of hydrogen-bond donors (Lipinski definition) is 0. The minimum atomic E-state index is -4.52. The Morgan fingerprint density at radius 2 is 0.508 bits per heavy atom. The fourth-order valence-electron chi connectivity index (χ4n) is 16.1. The molecule has 0 unspecified atom stereocenters. The molecule has 0 N–H and O–H groups in total. The van der Waals surface area contributed by atoms with Gasteiger partial charge < -0.3 is 34.1 Å². The Morgan fingerprint density at radius 1 is 0.285 bits per heavy atom. The molecule has 0 fully saturated rings. The number of fused-ring (bicyclic) bond motifs is 12. The molecule has 0 spiro atoms. The molecule has 0 bridgehead atoms. The molecule has 20 heteroatoms. The number of alkyl halides is 7. The molecule has 14 aromatic rings. The van der Waals surface area contributed by atoms with Crippen LogP contribution in [0.3, 0.4) is 0 Å². The molecule has 6 aliphatic heterocycles. The Hall–Kier alpha value is -11.1. The van der Waals surface area contributed by atoms with E-state index in [0.717, 1.165) is 69.5 Å². The van der Waals surface area contributed by atoms with Crippen LogP contribution in [0.15, 0.2) is 345 Å².